The minimum Gasteiger partial charge on any atom is -0.465 e. The van der Waals surface area contributed by atoms with Gasteiger partial charge in [-0.3, -0.25) is 4.79 Å². The van der Waals surface area contributed by atoms with Crippen LogP contribution in [-0.2, 0) is 4.74 Å². The first-order valence-electron chi connectivity index (χ1n) is 8.31. The maximum atomic E-state index is 12.4. The SMILES string of the molecule is COC(=O)c1ccc(Nc2cc(C(=O)Nc3ccc(C)c(Cl)c3)ncn2)cc1. The van der Waals surface area contributed by atoms with Crippen LogP contribution in [0.1, 0.15) is 26.4 Å². The Hall–Kier alpha value is -3.45. The van der Waals surface area contributed by atoms with E-state index in [4.69, 9.17) is 11.6 Å². The predicted octanol–water partition coefficient (Wildman–Crippen LogP) is 4.22. The zero-order chi connectivity index (χ0) is 20.1. The molecule has 1 aromatic heterocycles. The minimum absolute atomic E-state index is 0.195. The molecule has 0 fully saturated rings. The van der Waals surface area contributed by atoms with E-state index in [1.54, 1.807) is 36.4 Å². The molecule has 0 radical (unpaired) electrons. The number of rotatable bonds is 5. The average Bonchev–Trinajstić information content (AvgIpc) is 2.71. The van der Waals surface area contributed by atoms with Crippen LogP contribution in [0.3, 0.4) is 0 Å². The van der Waals surface area contributed by atoms with Crippen molar-refractivity contribution in [3.63, 3.8) is 0 Å². The number of ether oxygens (including phenoxy) is 1. The molecular formula is C20H17ClN4O3. The molecule has 0 bridgehead atoms. The number of carbonyl (C=O) groups is 2. The van der Waals surface area contributed by atoms with E-state index in [2.05, 4.69) is 25.3 Å². The highest BCUT2D eigenvalue weighted by Crippen LogP contribution is 2.21. The lowest BCUT2D eigenvalue weighted by atomic mass is 10.2. The fourth-order valence-electron chi connectivity index (χ4n) is 2.37. The zero-order valence-corrected chi connectivity index (χ0v) is 15.9. The van der Waals surface area contributed by atoms with Crippen LogP contribution in [0.4, 0.5) is 17.2 Å². The van der Waals surface area contributed by atoms with Gasteiger partial charge < -0.3 is 15.4 Å². The molecule has 2 aromatic carbocycles. The fourth-order valence-corrected chi connectivity index (χ4v) is 2.55. The van der Waals surface area contributed by atoms with Gasteiger partial charge >= 0.3 is 5.97 Å². The summed E-state index contributed by atoms with van der Waals surface area (Å²) in [6.45, 7) is 1.88. The number of esters is 1. The lowest BCUT2D eigenvalue weighted by molar-refractivity contribution is 0.0600. The molecule has 0 spiro atoms. The van der Waals surface area contributed by atoms with Crippen molar-refractivity contribution >= 4 is 40.7 Å². The number of aryl methyl sites for hydroxylation is 1. The molecule has 7 nitrogen and oxygen atoms in total. The van der Waals surface area contributed by atoms with Gasteiger partial charge in [-0.25, -0.2) is 14.8 Å². The van der Waals surface area contributed by atoms with Crippen molar-refractivity contribution in [2.45, 2.75) is 6.92 Å². The van der Waals surface area contributed by atoms with Crippen molar-refractivity contribution in [3.8, 4) is 0 Å². The van der Waals surface area contributed by atoms with E-state index in [0.29, 0.717) is 27.8 Å². The zero-order valence-electron chi connectivity index (χ0n) is 15.2. The Morgan fingerprint density at radius 2 is 1.71 bits per heavy atom. The van der Waals surface area contributed by atoms with Crippen LogP contribution in [0.25, 0.3) is 0 Å². The maximum Gasteiger partial charge on any atom is 0.337 e. The van der Waals surface area contributed by atoms with Crippen molar-refractivity contribution in [2.24, 2.45) is 0 Å². The Balaban J connectivity index is 1.71. The van der Waals surface area contributed by atoms with Gasteiger partial charge in [-0.05, 0) is 48.9 Å². The minimum atomic E-state index is -0.413. The van der Waals surface area contributed by atoms with Gasteiger partial charge in [0, 0.05) is 22.5 Å². The quantitative estimate of drug-likeness (QED) is 0.627. The van der Waals surface area contributed by atoms with E-state index in [1.165, 1.54) is 19.5 Å². The molecule has 1 heterocycles. The van der Waals surface area contributed by atoms with Gasteiger partial charge in [-0.15, -0.1) is 0 Å². The van der Waals surface area contributed by atoms with Gasteiger partial charge in [-0.2, -0.15) is 0 Å². The third-order valence-electron chi connectivity index (χ3n) is 3.91. The molecule has 28 heavy (non-hydrogen) atoms. The number of nitrogens with zero attached hydrogens (tertiary/aromatic N) is 2. The lowest BCUT2D eigenvalue weighted by Crippen LogP contribution is -2.14. The molecule has 0 aliphatic rings. The molecule has 3 rings (SSSR count). The highest BCUT2D eigenvalue weighted by atomic mass is 35.5. The Morgan fingerprint density at radius 3 is 2.39 bits per heavy atom. The third kappa shape index (κ3) is 4.63. The average molecular weight is 397 g/mol. The Morgan fingerprint density at radius 1 is 1.00 bits per heavy atom. The van der Waals surface area contributed by atoms with E-state index in [0.717, 1.165) is 5.56 Å². The molecule has 0 saturated heterocycles. The van der Waals surface area contributed by atoms with Crippen LogP contribution in [0.5, 0.6) is 0 Å². The summed E-state index contributed by atoms with van der Waals surface area (Å²) in [6.07, 6.45) is 1.29. The smallest absolute Gasteiger partial charge is 0.337 e. The molecular weight excluding hydrogens is 380 g/mol. The second kappa shape index (κ2) is 8.49. The summed E-state index contributed by atoms with van der Waals surface area (Å²) in [4.78, 5) is 32.0. The van der Waals surface area contributed by atoms with Crippen molar-refractivity contribution in [1.29, 1.82) is 0 Å². The van der Waals surface area contributed by atoms with Crippen molar-refractivity contribution < 1.29 is 14.3 Å². The summed E-state index contributed by atoms with van der Waals surface area (Å²) >= 11 is 6.08. The first-order valence-corrected chi connectivity index (χ1v) is 8.69. The number of benzene rings is 2. The standard InChI is InChI=1S/C20H17ClN4O3/c1-12-3-6-15(9-16(12)21)25-19(26)17-10-18(23-11-22-17)24-14-7-4-13(5-8-14)20(27)28-2/h3-11H,1-2H3,(H,25,26)(H,22,23,24). The summed E-state index contributed by atoms with van der Waals surface area (Å²) in [6, 6.07) is 13.5. The van der Waals surface area contributed by atoms with Gasteiger partial charge in [0.1, 0.15) is 17.8 Å². The van der Waals surface area contributed by atoms with Crippen molar-refractivity contribution in [1.82, 2.24) is 9.97 Å². The first kappa shape index (κ1) is 19.3. The summed E-state index contributed by atoms with van der Waals surface area (Å²) in [5.41, 5.74) is 2.83. The highest BCUT2D eigenvalue weighted by Gasteiger charge is 2.11. The van der Waals surface area contributed by atoms with Gasteiger partial charge in [0.05, 0.1) is 12.7 Å². The number of anilines is 3. The Bertz CT molecular complexity index is 1020. The molecule has 0 aliphatic carbocycles. The molecule has 3 aromatic rings. The monoisotopic (exact) mass is 396 g/mol. The van der Waals surface area contributed by atoms with Gasteiger partial charge in [0.2, 0.25) is 0 Å². The van der Waals surface area contributed by atoms with Crippen molar-refractivity contribution in [3.05, 3.63) is 76.7 Å². The number of nitrogens with one attached hydrogen (secondary N) is 2. The summed E-state index contributed by atoms with van der Waals surface area (Å²) < 4.78 is 4.67. The second-order valence-corrected chi connectivity index (χ2v) is 6.31. The van der Waals surface area contributed by atoms with Gasteiger partial charge in [0.15, 0.2) is 0 Å². The largest absolute Gasteiger partial charge is 0.465 e. The third-order valence-corrected chi connectivity index (χ3v) is 4.32. The topological polar surface area (TPSA) is 93.2 Å². The molecule has 8 heteroatoms. The van der Waals surface area contributed by atoms with Crippen LogP contribution < -0.4 is 10.6 Å². The van der Waals surface area contributed by atoms with E-state index in [-0.39, 0.29) is 11.6 Å². The number of aromatic nitrogens is 2. The summed E-state index contributed by atoms with van der Waals surface area (Å²) in [5, 5.41) is 6.38. The molecule has 2 N–H and O–H groups in total. The molecule has 0 atom stereocenters. The molecule has 0 aliphatic heterocycles. The predicted molar refractivity (Wildman–Crippen MR) is 107 cm³/mol. The normalized spacial score (nSPS) is 10.2. The van der Waals surface area contributed by atoms with Crippen LogP contribution in [0, 0.1) is 6.92 Å². The fraction of sp³-hybridized carbons (Fsp3) is 0.100. The molecule has 0 unspecified atom stereocenters. The summed E-state index contributed by atoms with van der Waals surface area (Å²) in [7, 11) is 1.33. The van der Waals surface area contributed by atoms with Gasteiger partial charge in [-0.1, -0.05) is 17.7 Å². The molecule has 142 valence electrons. The highest BCUT2D eigenvalue weighted by molar-refractivity contribution is 6.31. The van der Waals surface area contributed by atoms with Crippen LogP contribution in [0.2, 0.25) is 5.02 Å². The van der Waals surface area contributed by atoms with E-state index in [9.17, 15) is 9.59 Å². The van der Waals surface area contributed by atoms with Crippen LogP contribution in [-0.4, -0.2) is 29.0 Å². The number of halogens is 1. The number of hydrogen-bond donors (Lipinski definition) is 2. The van der Waals surface area contributed by atoms with E-state index in [1.807, 2.05) is 13.0 Å². The van der Waals surface area contributed by atoms with Crippen LogP contribution in [0.15, 0.2) is 54.9 Å². The number of amides is 1. The van der Waals surface area contributed by atoms with E-state index >= 15 is 0 Å². The number of methoxy groups -OCH3 is 1. The number of carbonyl (C=O) groups excluding carboxylic acids is 2. The Kier molecular flexibility index (Phi) is 5.86. The van der Waals surface area contributed by atoms with Gasteiger partial charge in [0.25, 0.3) is 5.91 Å². The molecule has 1 amide bonds. The first-order chi connectivity index (χ1) is 13.5. The Labute approximate surface area is 166 Å². The summed E-state index contributed by atoms with van der Waals surface area (Å²) in [5.74, 6) is -0.358. The lowest BCUT2D eigenvalue weighted by Gasteiger charge is -2.09. The van der Waals surface area contributed by atoms with Crippen LogP contribution >= 0.6 is 11.6 Å². The van der Waals surface area contributed by atoms with E-state index < -0.39 is 5.97 Å². The van der Waals surface area contributed by atoms with Crippen molar-refractivity contribution in [2.75, 3.05) is 17.7 Å². The second-order valence-electron chi connectivity index (χ2n) is 5.90. The molecule has 0 saturated carbocycles. The maximum absolute atomic E-state index is 12.4. The number of hydrogen-bond acceptors (Lipinski definition) is 6.